The highest BCUT2D eigenvalue weighted by Crippen LogP contribution is 2.16. The fraction of sp³-hybridized carbons (Fsp3) is 0.533. The van der Waals surface area contributed by atoms with Crippen LogP contribution in [-0.4, -0.2) is 55.9 Å². The molecule has 0 bridgehead atoms. The Morgan fingerprint density at radius 1 is 1.40 bits per heavy atom. The molecule has 1 rings (SSSR count). The molecule has 0 fully saturated rings. The van der Waals surface area contributed by atoms with E-state index in [0.717, 1.165) is 6.54 Å². The number of benzene rings is 1. The van der Waals surface area contributed by atoms with Gasteiger partial charge in [0.25, 0.3) is 0 Å². The minimum absolute atomic E-state index is 0.167. The van der Waals surface area contributed by atoms with Gasteiger partial charge in [0.1, 0.15) is 24.5 Å². The van der Waals surface area contributed by atoms with Crippen LogP contribution in [0.4, 0.5) is 0 Å². The van der Waals surface area contributed by atoms with E-state index in [1.165, 1.54) is 0 Å². The molecule has 2 unspecified atom stereocenters. The summed E-state index contributed by atoms with van der Waals surface area (Å²) >= 11 is 0. The number of para-hydroxylation sites is 1. The summed E-state index contributed by atoms with van der Waals surface area (Å²) in [5.41, 5.74) is 0.480. The minimum atomic E-state index is -0.605. The molecule has 2 atom stereocenters. The molecule has 0 saturated heterocycles. The van der Waals surface area contributed by atoms with Crippen molar-refractivity contribution in [3.05, 3.63) is 29.8 Å². The van der Waals surface area contributed by atoms with Gasteiger partial charge in [0.05, 0.1) is 5.56 Å². The molecule has 0 aliphatic rings. The Hall–Kier alpha value is -1.61. The molecule has 110 valence electrons. The van der Waals surface area contributed by atoms with Crippen molar-refractivity contribution in [2.75, 3.05) is 33.8 Å². The zero-order chi connectivity index (χ0) is 15.0. The number of likely N-dealkylation sites (N-methyl/N-ethyl adjacent to an activating group) is 1. The standard InChI is InChI=1S/C15H23N3O2/c1-12(10-18(2)3)17-9-14(19)11-20-15-7-5-4-6-13(15)8-16/h4-7,12,14,17,19H,9-11H2,1-3H3. The van der Waals surface area contributed by atoms with Gasteiger partial charge in [-0.1, -0.05) is 12.1 Å². The molecule has 1 aromatic rings. The van der Waals surface area contributed by atoms with E-state index in [1.54, 1.807) is 24.3 Å². The molecule has 0 heterocycles. The van der Waals surface area contributed by atoms with E-state index in [4.69, 9.17) is 10.00 Å². The van der Waals surface area contributed by atoms with E-state index < -0.39 is 6.10 Å². The van der Waals surface area contributed by atoms with Gasteiger partial charge in [0, 0.05) is 19.1 Å². The van der Waals surface area contributed by atoms with E-state index in [0.29, 0.717) is 23.9 Å². The maximum absolute atomic E-state index is 9.87. The van der Waals surface area contributed by atoms with E-state index >= 15 is 0 Å². The van der Waals surface area contributed by atoms with Crippen LogP contribution in [-0.2, 0) is 0 Å². The number of nitriles is 1. The van der Waals surface area contributed by atoms with Gasteiger partial charge in [-0.05, 0) is 33.2 Å². The van der Waals surface area contributed by atoms with Crippen LogP contribution in [0.5, 0.6) is 5.75 Å². The van der Waals surface area contributed by atoms with Crippen LogP contribution < -0.4 is 10.1 Å². The molecular formula is C15H23N3O2. The number of nitrogens with zero attached hydrogens (tertiary/aromatic N) is 2. The molecule has 0 spiro atoms. The Labute approximate surface area is 120 Å². The Morgan fingerprint density at radius 3 is 2.75 bits per heavy atom. The van der Waals surface area contributed by atoms with Crippen molar-refractivity contribution >= 4 is 0 Å². The summed E-state index contributed by atoms with van der Waals surface area (Å²) in [4.78, 5) is 2.09. The fourth-order valence-corrected chi connectivity index (χ4v) is 1.88. The van der Waals surface area contributed by atoms with Gasteiger partial charge in [-0.3, -0.25) is 0 Å². The molecule has 0 aliphatic carbocycles. The highest BCUT2D eigenvalue weighted by atomic mass is 16.5. The average Bonchev–Trinajstić information content (AvgIpc) is 2.42. The van der Waals surface area contributed by atoms with Crippen LogP contribution in [0, 0.1) is 11.3 Å². The van der Waals surface area contributed by atoms with Crippen molar-refractivity contribution in [3.8, 4) is 11.8 Å². The average molecular weight is 277 g/mol. The van der Waals surface area contributed by atoms with Gasteiger partial charge in [-0.25, -0.2) is 0 Å². The van der Waals surface area contributed by atoms with Crippen molar-refractivity contribution in [1.82, 2.24) is 10.2 Å². The first kappa shape index (κ1) is 16.4. The highest BCUT2D eigenvalue weighted by molar-refractivity contribution is 5.42. The normalized spacial score (nSPS) is 13.8. The summed E-state index contributed by atoms with van der Waals surface area (Å²) < 4.78 is 5.48. The van der Waals surface area contributed by atoms with E-state index in [2.05, 4.69) is 23.2 Å². The second-order valence-electron chi connectivity index (χ2n) is 5.14. The maximum atomic E-state index is 9.87. The van der Waals surface area contributed by atoms with Gasteiger partial charge in [0.15, 0.2) is 0 Å². The fourth-order valence-electron chi connectivity index (χ4n) is 1.88. The lowest BCUT2D eigenvalue weighted by Gasteiger charge is -2.20. The molecule has 0 saturated carbocycles. The lowest BCUT2D eigenvalue weighted by molar-refractivity contribution is 0.103. The number of aliphatic hydroxyl groups is 1. The molecule has 5 heteroatoms. The Bertz CT molecular complexity index is 443. The lowest BCUT2D eigenvalue weighted by atomic mass is 10.2. The highest BCUT2D eigenvalue weighted by Gasteiger charge is 2.10. The molecule has 5 nitrogen and oxygen atoms in total. The van der Waals surface area contributed by atoms with Crippen LogP contribution >= 0.6 is 0 Å². The van der Waals surface area contributed by atoms with E-state index in [9.17, 15) is 5.11 Å². The van der Waals surface area contributed by atoms with Gasteiger partial charge in [-0.15, -0.1) is 0 Å². The maximum Gasteiger partial charge on any atom is 0.137 e. The zero-order valence-corrected chi connectivity index (χ0v) is 12.3. The van der Waals surface area contributed by atoms with Crippen LogP contribution in [0.15, 0.2) is 24.3 Å². The van der Waals surface area contributed by atoms with Crippen molar-refractivity contribution in [1.29, 1.82) is 5.26 Å². The third kappa shape index (κ3) is 6.02. The molecule has 0 amide bonds. The molecule has 1 aromatic carbocycles. The first-order valence-electron chi connectivity index (χ1n) is 6.71. The molecule has 2 N–H and O–H groups in total. The number of hydrogen-bond acceptors (Lipinski definition) is 5. The summed E-state index contributed by atoms with van der Waals surface area (Å²) in [6, 6.07) is 9.37. The summed E-state index contributed by atoms with van der Waals surface area (Å²) in [6.07, 6.45) is -0.605. The number of aliphatic hydroxyl groups excluding tert-OH is 1. The smallest absolute Gasteiger partial charge is 0.137 e. The third-order valence-corrected chi connectivity index (χ3v) is 2.78. The van der Waals surface area contributed by atoms with Gasteiger partial charge >= 0.3 is 0 Å². The van der Waals surface area contributed by atoms with Crippen molar-refractivity contribution < 1.29 is 9.84 Å². The number of nitrogens with one attached hydrogen (secondary N) is 1. The number of ether oxygens (including phenoxy) is 1. The monoisotopic (exact) mass is 277 g/mol. The van der Waals surface area contributed by atoms with Crippen molar-refractivity contribution in [3.63, 3.8) is 0 Å². The first-order valence-corrected chi connectivity index (χ1v) is 6.71. The Balaban J connectivity index is 2.33. The van der Waals surface area contributed by atoms with Crippen molar-refractivity contribution in [2.45, 2.75) is 19.1 Å². The lowest BCUT2D eigenvalue weighted by Crippen LogP contribution is -2.41. The van der Waals surface area contributed by atoms with Crippen LogP contribution in [0.25, 0.3) is 0 Å². The number of hydrogen-bond donors (Lipinski definition) is 2. The SMILES string of the molecule is CC(CN(C)C)NCC(O)COc1ccccc1C#N. The minimum Gasteiger partial charge on any atom is -0.489 e. The predicted molar refractivity (Wildman–Crippen MR) is 78.7 cm³/mol. The quantitative estimate of drug-likeness (QED) is 0.737. The molecule has 20 heavy (non-hydrogen) atoms. The van der Waals surface area contributed by atoms with Gasteiger partial charge in [0.2, 0.25) is 0 Å². The van der Waals surface area contributed by atoms with Gasteiger partial charge in [-0.2, -0.15) is 5.26 Å². The second kappa shape index (κ2) is 8.54. The van der Waals surface area contributed by atoms with E-state index in [1.807, 2.05) is 14.1 Å². The number of rotatable bonds is 8. The molecular weight excluding hydrogens is 254 g/mol. The van der Waals surface area contributed by atoms with E-state index in [-0.39, 0.29) is 6.61 Å². The molecule has 0 aliphatic heterocycles. The predicted octanol–water partition coefficient (Wildman–Crippen LogP) is 0.838. The van der Waals surface area contributed by atoms with Crippen LogP contribution in [0.1, 0.15) is 12.5 Å². The van der Waals surface area contributed by atoms with Crippen LogP contribution in [0.2, 0.25) is 0 Å². The molecule has 0 radical (unpaired) electrons. The van der Waals surface area contributed by atoms with Gasteiger partial charge < -0.3 is 20.1 Å². The summed E-state index contributed by atoms with van der Waals surface area (Å²) in [5, 5.41) is 22.0. The second-order valence-corrected chi connectivity index (χ2v) is 5.14. The van der Waals surface area contributed by atoms with Crippen molar-refractivity contribution in [2.24, 2.45) is 0 Å². The Kier molecular flexibility index (Phi) is 7.02. The first-order chi connectivity index (χ1) is 9.52. The topological polar surface area (TPSA) is 68.5 Å². The third-order valence-electron chi connectivity index (χ3n) is 2.78. The van der Waals surface area contributed by atoms with Crippen LogP contribution in [0.3, 0.4) is 0 Å². The summed E-state index contributed by atoms with van der Waals surface area (Å²) in [7, 11) is 4.02. The largest absolute Gasteiger partial charge is 0.489 e. The Morgan fingerprint density at radius 2 is 2.10 bits per heavy atom. The zero-order valence-electron chi connectivity index (χ0n) is 12.3. The summed E-state index contributed by atoms with van der Waals surface area (Å²) in [6.45, 7) is 3.60. The molecule has 0 aromatic heterocycles. The summed E-state index contributed by atoms with van der Waals surface area (Å²) in [5.74, 6) is 0.510.